The smallest absolute Gasteiger partial charge is 0.340 e. The summed E-state index contributed by atoms with van der Waals surface area (Å²) in [6, 6.07) is 12.7. The van der Waals surface area contributed by atoms with E-state index >= 15 is 0 Å². The summed E-state index contributed by atoms with van der Waals surface area (Å²) in [4.78, 5) is 51.2. The Bertz CT molecular complexity index is 1220. The van der Waals surface area contributed by atoms with Crippen LogP contribution < -0.4 is 5.32 Å². The molecule has 0 saturated heterocycles. The molecule has 1 amide bonds. The van der Waals surface area contributed by atoms with Crippen LogP contribution in [0.3, 0.4) is 0 Å². The molecule has 0 radical (unpaired) electrons. The lowest BCUT2D eigenvalue weighted by Gasteiger charge is -2.19. The molecule has 1 aromatic heterocycles. The van der Waals surface area contributed by atoms with Gasteiger partial charge in [0.05, 0.1) is 22.2 Å². The summed E-state index contributed by atoms with van der Waals surface area (Å²) >= 11 is 7.85. The molecule has 6 nitrogen and oxygen atoms in total. The van der Waals surface area contributed by atoms with Crippen molar-refractivity contribution in [3.05, 3.63) is 91.6 Å². The van der Waals surface area contributed by atoms with E-state index in [1.165, 1.54) is 23.5 Å². The molecular formula is C23H16ClNO5S. The van der Waals surface area contributed by atoms with Crippen LogP contribution in [0.15, 0.2) is 53.9 Å². The van der Waals surface area contributed by atoms with Crippen LogP contribution in [0.25, 0.3) is 0 Å². The van der Waals surface area contributed by atoms with E-state index < -0.39 is 24.3 Å². The van der Waals surface area contributed by atoms with Crippen molar-refractivity contribution in [3.63, 3.8) is 0 Å². The third kappa shape index (κ3) is 3.89. The van der Waals surface area contributed by atoms with Gasteiger partial charge in [-0.25, -0.2) is 4.79 Å². The molecule has 0 bridgehead atoms. The van der Waals surface area contributed by atoms with Crippen LogP contribution in [0.5, 0.6) is 0 Å². The fraction of sp³-hybridized carbons (Fsp3) is 0.130. The Morgan fingerprint density at radius 2 is 1.71 bits per heavy atom. The van der Waals surface area contributed by atoms with E-state index in [1.807, 2.05) is 24.4 Å². The molecule has 0 fully saturated rings. The predicted molar refractivity (Wildman–Crippen MR) is 116 cm³/mol. The van der Waals surface area contributed by atoms with Gasteiger partial charge in [0.2, 0.25) is 0 Å². The quantitative estimate of drug-likeness (QED) is 0.457. The maximum absolute atomic E-state index is 12.9. The number of nitrogens with one attached hydrogen (secondary N) is 1. The van der Waals surface area contributed by atoms with Gasteiger partial charge in [-0.1, -0.05) is 41.9 Å². The van der Waals surface area contributed by atoms with Gasteiger partial charge in [-0.2, -0.15) is 0 Å². The second kappa shape index (κ2) is 8.45. The number of thiophene rings is 1. The summed E-state index contributed by atoms with van der Waals surface area (Å²) in [5.41, 5.74) is 0.542. The number of carbonyl (C=O) groups excluding carboxylic acids is 4. The number of carbonyl (C=O) groups is 4. The highest BCUT2D eigenvalue weighted by Crippen LogP contribution is 2.34. The molecule has 1 atom stereocenters. The van der Waals surface area contributed by atoms with Crippen molar-refractivity contribution in [3.8, 4) is 0 Å². The standard InChI is InChI=1S/C23H16ClNO5S/c1-12(17-7-4-10-31-17)25-18(26)11-30-23(29)16-9-8-15-19(20(16)24)22(28)14-6-3-2-5-13(14)21(15)27/h2-10,12H,11H2,1H3,(H,25,26). The summed E-state index contributed by atoms with van der Waals surface area (Å²) in [5, 5.41) is 4.48. The number of fused-ring (bicyclic) bond motifs is 2. The normalized spacial score (nSPS) is 13.2. The summed E-state index contributed by atoms with van der Waals surface area (Å²) < 4.78 is 5.08. The first-order valence-electron chi connectivity index (χ1n) is 9.39. The number of hydrogen-bond donors (Lipinski definition) is 1. The first-order valence-corrected chi connectivity index (χ1v) is 10.6. The van der Waals surface area contributed by atoms with Crippen LogP contribution >= 0.6 is 22.9 Å². The van der Waals surface area contributed by atoms with Gasteiger partial charge >= 0.3 is 5.97 Å². The zero-order chi connectivity index (χ0) is 22.1. The van der Waals surface area contributed by atoms with Crippen LogP contribution in [0.1, 0.15) is 60.0 Å². The summed E-state index contributed by atoms with van der Waals surface area (Å²) in [5.74, 6) is -2.10. The average Bonchev–Trinajstić information content (AvgIpc) is 3.31. The average molecular weight is 454 g/mol. The van der Waals surface area contributed by atoms with Crippen molar-refractivity contribution in [1.29, 1.82) is 0 Å². The minimum absolute atomic E-state index is 0.0319. The van der Waals surface area contributed by atoms with E-state index in [1.54, 1.807) is 24.3 Å². The van der Waals surface area contributed by atoms with E-state index in [-0.39, 0.29) is 39.1 Å². The second-order valence-corrected chi connectivity index (χ2v) is 8.29. The van der Waals surface area contributed by atoms with Crippen LogP contribution in [0, 0.1) is 0 Å². The number of ketones is 2. The van der Waals surface area contributed by atoms with Crippen LogP contribution in [-0.2, 0) is 9.53 Å². The van der Waals surface area contributed by atoms with Gasteiger partial charge in [-0.15, -0.1) is 11.3 Å². The molecule has 1 unspecified atom stereocenters. The zero-order valence-electron chi connectivity index (χ0n) is 16.3. The molecule has 0 spiro atoms. The molecule has 4 rings (SSSR count). The molecule has 1 aliphatic rings. The highest BCUT2D eigenvalue weighted by atomic mass is 35.5. The third-order valence-electron chi connectivity index (χ3n) is 4.93. The molecule has 1 N–H and O–H groups in total. The van der Waals surface area contributed by atoms with E-state index in [4.69, 9.17) is 16.3 Å². The van der Waals surface area contributed by atoms with E-state index in [0.717, 1.165) is 4.88 Å². The van der Waals surface area contributed by atoms with Gasteiger partial charge in [0.1, 0.15) is 0 Å². The third-order valence-corrected chi connectivity index (χ3v) is 6.38. The lowest BCUT2D eigenvalue weighted by atomic mass is 9.83. The van der Waals surface area contributed by atoms with Crippen LogP contribution in [0.2, 0.25) is 5.02 Å². The van der Waals surface area contributed by atoms with Gasteiger partial charge in [0.15, 0.2) is 18.2 Å². The maximum atomic E-state index is 12.9. The Morgan fingerprint density at radius 3 is 2.39 bits per heavy atom. The van der Waals surface area contributed by atoms with E-state index in [2.05, 4.69) is 5.32 Å². The highest BCUT2D eigenvalue weighted by molar-refractivity contribution is 7.10. The largest absolute Gasteiger partial charge is 0.452 e. The van der Waals surface area contributed by atoms with Crippen molar-refractivity contribution >= 4 is 46.4 Å². The van der Waals surface area contributed by atoms with Crippen molar-refractivity contribution in [2.75, 3.05) is 6.61 Å². The topological polar surface area (TPSA) is 89.5 Å². The number of halogens is 1. The minimum Gasteiger partial charge on any atom is -0.452 e. The fourth-order valence-electron chi connectivity index (χ4n) is 3.40. The molecule has 156 valence electrons. The van der Waals surface area contributed by atoms with Gasteiger partial charge in [0.25, 0.3) is 5.91 Å². The number of ether oxygens (including phenoxy) is 1. The molecule has 1 heterocycles. The predicted octanol–water partition coefficient (Wildman–Crippen LogP) is 4.21. The van der Waals surface area contributed by atoms with Gasteiger partial charge < -0.3 is 10.1 Å². The molecule has 31 heavy (non-hydrogen) atoms. The Kier molecular flexibility index (Phi) is 5.71. The SMILES string of the molecule is CC(NC(=O)COC(=O)c1ccc2c(c1Cl)C(=O)c1ccccc1C2=O)c1cccs1. The van der Waals surface area contributed by atoms with Crippen molar-refractivity contribution < 1.29 is 23.9 Å². The van der Waals surface area contributed by atoms with Crippen LogP contribution in [0.4, 0.5) is 0 Å². The number of benzene rings is 2. The monoisotopic (exact) mass is 453 g/mol. The first kappa shape index (κ1) is 21.0. The summed E-state index contributed by atoms with van der Waals surface area (Å²) in [6.07, 6.45) is 0. The molecule has 0 aliphatic heterocycles. The fourth-order valence-corrected chi connectivity index (χ4v) is 4.47. The lowest BCUT2D eigenvalue weighted by Crippen LogP contribution is -2.31. The van der Waals surface area contributed by atoms with E-state index in [9.17, 15) is 19.2 Å². The summed E-state index contributed by atoms with van der Waals surface area (Å²) in [6.45, 7) is 1.32. The Hall–Kier alpha value is -3.29. The first-order chi connectivity index (χ1) is 14.9. The maximum Gasteiger partial charge on any atom is 0.340 e. The Labute approximate surface area is 186 Å². The Balaban J connectivity index is 1.50. The van der Waals surface area contributed by atoms with Crippen molar-refractivity contribution in [1.82, 2.24) is 5.32 Å². The summed E-state index contributed by atoms with van der Waals surface area (Å²) in [7, 11) is 0. The molecule has 8 heteroatoms. The van der Waals surface area contributed by atoms with E-state index in [0.29, 0.717) is 5.56 Å². The number of hydrogen-bond acceptors (Lipinski definition) is 6. The van der Waals surface area contributed by atoms with Gasteiger partial charge in [-0.05, 0) is 30.5 Å². The number of amides is 1. The molecule has 2 aromatic carbocycles. The number of esters is 1. The van der Waals surface area contributed by atoms with Crippen molar-refractivity contribution in [2.24, 2.45) is 0 Å². The Morgan fingerprint density at radius 1 is 1.00 bits per heavy atom. The van der Waals surface area contributed by atoms with Crippen molar-refractivity contribution in [2.45, 2.75) is 13.0 Å². The number of rotatable bonds is 5. The lowest BCUT2D eigenvalue weighted by molar-refractivity contribution is -0.124. The highest BCUT2D eigenvalue weighted by Gasteiger charge is 2.33. The molecule has 1 aliphatic carbocycles. The van der Waals surface area contributed by atoms with Crippen LogP contribution in [-0.4, -0.2) is 30.0 Å². The minimum atomic E-state index is -0.856. The molecular weight excluding hydrogens is 438 g/mol. The van der Waals surface area contributed by atoms with Gasteiger partial charge in [-0.3, -0.25) is 14.4 Å². The molecule has 0 saturated carbocycles. The molecule has 3 aromatic rings. The van der Waals surface area contributed by atoms with Gasteiger partial charge in [0, 0.05) is 21.6 Å². The second-order valence-electron chi connectivity index (χ2n) is 6.93. The zero-order valence-corrected chi connectivity index (χ0v) is 17.9.